The van der Waals surface area contributed by atoms with Crippen molar-refractivity contribution in [3.8, 4) is 0 Å². The van der Waals surface area contributed by atoms with Crippen molar-refractivity contribution in [1.29, 1.82) is 0 Å². The lowest BCUT2D eigenvalue weighted by Crippen LogP contribution is -2.30. The van der Waals surface area contributed by atoms with E-state index in [1.807, 2.05) is 0 Å². The first-order chi connectivity index (χ1) is 5.79. The molecule has 1 unspecified atom stereocenters. The van der Waals surface area contributed by atoms with Crippen LogP contribution >= 0.6 is 0 Å². The maximum atomic E-state index is 2.22. The van der Waals surface area contributed by atoms with Crippen LogP contribution in [-0.2, 0) is 0 Å². The van der Waals surface area contributed by atoms with E-state index in [0.717, 1.165) is 0 Å². The van der Waals surface area contributed by atoms with Crippen molar-refractivity contribution in [3.05, 3.63) is 47.7 Å². The molecule has 0 saturated heterocycles. The molecule has 1 atom stereocenters. The van der Waals surface area contributed by atoms with Crippen LogP contribution < -0.4 is 0 Å². The zero-order chi connectivity index (χ0) is 8.55. The van der Waals surface area contributed by atoms with E-state index in [4.69, 9.17) is 0 Å². The third kappa shape index (κ3) is 1.02. The molecule has 0 bridgehead atoms. The van der Waals surface area contributed by atoms with Crippen molar-refractivity contribution >= 4 is 0 Å². The highest BCUT2D eigenvalue weighted by Gasteiger charge is 2.18. The molecule has 0 spiro atoms. The van der Waals surface area contributed by atoms with Crippen LogP contribution in [0.4, 0.5) is 0 Å². The Morgan fingerprint density at radius 1 is 1.25 bits per heavy atom. The van der Waals surface area contributed by atoms with E-state index in [-0.39, 0.29) is 0 Å². The molecule has 0 aromatic rings. The second-order valence-corrected chi connectivity index (χ2v) is 3.31. The molecule has 1 heteroatoms. The molecule has 0 saturated carbocycles. The predicted octanol–water partition coefficient (Wildman–Crippen LogP) is 2.26. The van der Waals surface area contributed by atoms with Crippen molar-refractivity contribution < 1.29 is 0 Å². The third-order valence-corrected chi connectivity index (χ3v) is 2.45. The van der Waals surface area contributed by atoms with Gasteiger partial charge < -0.3 is 4.90 Å². The summed E-state index contributed by atoms with van der Waals surface area (Å²) >= 11 is 0. The summed E-state index contributed by atoms with van der Waals surface area (Å²) in [5.74, 6) is 0. The summed E-state index contributed by atoms with van der Waals surface area (Å²) in [6, 6.07) is 0.458. The fraction of sp³-hybridized carbons (Fsp3) is 0.273. The molecule has 2 rings (SSSR count). The second kappa shape index (κ2) is 2.67. The molecule has 0 amide bonds. The number of rotatable bonds is 0. The predicted molar refractivity (Wildman–Crippen MR) is 51.7 cm³/mol. The highest BCUT2D eigenvalue weighted by Crippen LogP contribution is 2.24. The minimum Gasteiger partial charge on any atom is -0.370 e. The van der Waals surface area contributed by atoms with Gasteiger partial charge in [-0.3, -0.25) is 0 Å². The van der Waals surface area contributed by atoms with Crippen LogP contribution in [0.2, 0.25) is 0 Å². The third-order valence-electron chi connectivity index (χ3n) is 2.45. The molecule has 0 N–H and O–H groups in total. The van der Waals surface area contributed by atoms with Gasteiger partial charge in [0, 0.05) is 7.05 Å². The van der Waals surface area contributed by atoms with Gasteiger partial charge in [0.05, 0.1) is 6.04 Å². The molecule has 0 radical (unpaired) electrons. The number of nitrogens with zero attached hydrogens (tertiary/aromatic N) is 1. The molecule has 2 aliphatic rings. The summed E-state index contributed by atoms with van der Waals surface area (Å²) < 4.78 is 0. The van der Waals surface area contributed by atoms with Gasteiger partial charge in [-0.05, 0) is 30.3 Å². The van der Waals surface area contributed by atoms with Crippen molar-refractivity contribution in [2.24, 2.45) is 0 Å². The molecule has 1 aliphatic heterocycles. The average molecular weight is 159 g/mol. The molecule has 62 valence electrons. The Morgan fingerprint density at radius 2 is 2.08 bits per heavy atom. The topological polar surface area (TPSA) is 3.24 Å². The minimum atomic E-state index is 0.458. The van der Waals surface area contributed by atoms with Gasteiger partial charge in [0.25, 0.3) is 0 Å². The SMILES string of the molecule is CC1=C2C=CC=CC2N(C)C=C1. The quantitative estimate of drug-likeness (QED) is 0.524. The van der Waals surface area contributed by atoms with Crippen LogP contribution in [0.15, 0.2) is 47.7 Å². The first-order valence-electron chi connectivity index (χ1n) is 4.25. The Labute approximate surface area is 73.4 Å². The number of allylic oxidation sites excluding steroid dienone is 4. The van der Waals surface area contributed by atoms with Gasteiger partial charge in [0.15, 0.2) is 0 Å². The summed E-state index contributed by atoms with van der Waals surface area (Å²) in [5, 5.41) is 0. The van der Waals surface area contributed by atoms with E-state index in [0.29, 0.717) is 6.04 Å². The van der Waals surface area contributed by atoms with E-state index in [1.165, 1.54) is 11.1 Å². The molecule has 0 fully saturated rings. The maximum absolute atomic E-state index is 2.22. The fourth-order valence-corrected chi connectivity index (χ4v) is 1.67. The lowest BCUT2D eigenvalue weighted by molar-refractivity contribution is 0.419. The summed E-state index contributed by atoms with van der Waals surface area (Å²) in [5.41, 5.74) is 2.79. The van der Waals surface area contributed by atoms with E-state index in [2.05, 4.69) is 55.5 Å². The number of hydrogen-bond acceptors (Lipinski definition) is 1. The smallest absolute Gasteiger partial charge is 0.0723 e. The molecular formula is C11H13N. The number of fused-ring (bicyclic) bond motifs is 1. The van der Waals surface area contributed by atoms with Crippen LogP contribution in [0.5, 0.6) is 0 Å². The zero-order valence-electron chi connectivity index (χ0n) is 7.49. The molecular weight excluding hydrogens is 146 g/mol. The minimum absolute atomic E-state index is 0.458. The van der Waals surface area contributed by atoms with Gasteiger partial charge in [-0.25, -0.2) is 0 Å². The van der Waals surface area contributed by atoms with Gasteiger partial charge in [0.2, 0.25) is 0 Å². The standard InChI is InChI=1S/C11H13N/c1-9-7-8-12(2)11-6-4-3-5-10(9)11/h3-8,11H,1-2H3. The highest BCUT2D eigenvalue weighted by atomic mass is 15.1. The summed E-state index contributed by atoms with van der Waals surface area (Å²) in [7, 11) is 2.11. The largest absolute Gasteiger partial charge is 0.370 e. The van der Waals surface area contributed by atoms with Crippen LogP contribution in [0.25, 0.3) is 0 Å². The van der Waals surface area contributed by atoms with Gasteiger partial charge in [-0.15, -0.1) is 0 Å². The summed E-state index contributed by atoms with van der Waals surface area (Å²) in [4.78, 5) is 2.22. The van der Waals surface area contributed by atoms with E-state index in [1.54, 1.807) is 0 Å². The van der Waals surface area contributed by atoms with Gasteiger partial charge >= 0.3 is 0 Å². The van der Waals surface area contributed by atoms with Crippen molar-refractivity contribution in [1.82, 2.24) is 4.90 Å². The zero-order valence-corrected chi connectivity index (χ0v) is 7.49. The Bertz CT molecular complexity index is 305. The van der Waals surface area contributed by atoms with E-state index < -0.39 is 0 Å². The van der Waals surface area contributed by atoms with Crippen LogP contribution in [0.3, 0.4) is 0 Å². The lowest BCUT2D eigenvalue weighted by Gasteiger charge is -2.31. The fourth-order valence-electron chi connectivity index (χ4n) is 1.67. The van der Waals surface area contributed by atoms with Gasteiger partial charge in [0.1, 0.15) is 0 Å². The van der Waals surface area contributed by atoms with Crippen molar-refractivity contribution in [2.45, 2.75) is 13.0 Å². The van der Waals surface area contributed by atoms with Gasteiger partial charge in [-0.2, -0.15) is 0 Å². The highest BCUT2D eigenvalue weighted by molar-refractivity contribution is 5.45. The van der Waals surface area contributed by atoms with E-state index >= 15 is 0 Å². The van der Waals surface area contributed by atoms with Crippen molar-refractivity contribution in [2.75, 3.05) is 7.05 Å². The first-order valence-corrected chi connectivity index (χ1v) is 4.25. The second-order valence-electron chi connectivity index (χ2n) is 3.31. The number of likely N-dealkylation sites (N-methyl/N-ethyl adjacent to an activating group) is 1. The number of hydrogen-bond donors (Lipinski definition) is 0. The normalized spacial score (nSPS) is 26.5. The Morgan fingerprint density at radius 3 is 2.83 bits per heavy atom. The molecule has 12 heavy (non-hydrogen) atoms. The maximum Gasteiger partial charge on any atom is 0.0723 e. The summed E-state index contributed by atoms with van der Waals surface area (Å²) in [6.45, 7) is 2.16. The van der Waals surface area contributed by atoms with Gasteiger partial charge in [-0.1, -0.05) is 24.3 Å². The monoisotopic (exact) mass is 159 g/mol. The Kier molecular flexibility index (Phi) is 1.65. The Hall–Kier alpha value is -1.24. The molecule has 1 nitrogen and oxygen atoms in total. The molecule has 1 heterocycles. The molecule has 0 aromatic heterocycles. The first kappa shape index (κ1) is 7.41. The molecule has 1 aliphatic carbocycles. The van der Waals surface area contributed by atoms with Crippen LogP contribution in [-0.4, -0.2) is 18.0 Å². The molecule has 0 aromatic carbocycles. The lowest BCUT2D eigenvalue weighted by atomic mass is 9.94. The van der Waals surface area contributed by atoms with Crippen LogP contribution in [0, 0.1) is 0 Å². The van der Waals surface area contributed by atoms with Crippen molar-refractivity contribution in [3.63, 3.8) is 0 Å². The van der Waals surface area contributed by atoms with E-state index in [9.17, 15) is 0 Å². The average Bonchev–Trinajstić information content (AvgIpc) is 2.12. The summed E-state index contributed by atoms with van der Waals surface area (Å²) in [6.07, 6.45) is 12.9. The van der Waals surface area contributed by atoms with Crippen LogP contribution in [0.1, 0.15) is 6.92 Å². The Balaban J connectivity index is 2.44.